The normalized spacial score (nSPS) is 14.1. The van der Waals surface area contributed by atoms with E-state index in [1.54, 1.807) is 12.2 Å². The van der Waals surface area contributed by atoms with Gasteiger partial charge in [0.05, 0.1) is 0 Å². The van der Waals surface area contributed by atoms with Crippen molar-refractivity contribution in [2.24, 2.45) is 0 Å². The van der Waals surface area contributed by atoms with Crippen LogP contribution in [0.3, 0.4) is 0 Å². The number of allylic oxidation sites excluding steroid dienone is 6. The largest absolute Gasteiger partial charge is 0.485 e. The lowest BCUT2D eigenvalue weighted by molar-refractivity contribution is 0.175. The molecule has 2 heteroatoms. The first-order valence-electron chi connectivity index (χ1n) is 9.63. The molecule has 2 nitrogen and oxygen atoms in total. The minimum absolute atomic E-state index is 0.443. The van der Waals surface area contributed by atoms with Crippen LogP contribution in [0.2, 0.25) is 0 Å². The topological polar surface area (TPSA) is 18.5 Å². The summed E-state index contributed by atoms with van der Waals surface area (Å²) in [5, 5.41) is 0. The molecule has 0 aromatic rings. The summed E-state index contributed by atoms with van der Waals surface area (Å²) < 4.78 is 11.7. The summed E-state index contributed by atoms with van der Waals surface area (Å²) >= 11 is 0. The molecule has 0 aromatic heterocycles. The summed E-state index contributed by atoms with van der Waals surface area (Å²) in [6.45, 7) is 20.3. The fraction of sp³-hybridized carbons (Fsp3) is 0.417. The lowest BCUT2D eigenvalue weighted by atomic mass is 10.1. The lowest BCUT2D eigenvalue weighted by Gasteiger charge is -2.16. The van der Waals surface area contributed by atoms with Crippen LogP contribution in [0.1, 0.15) is 54.4 Å². The molecule has 1 aliphatic rings. The minimum Gasteiger partial charge on any atom is -0.485 e. The first-order chi connectivity index (χ1) is 12.7. The molecule has 0 bridgehead atoms. The standard InChI is InChI=1S/C20H26O2.2C2H6/c1-5-12-17(6-2)15-21-19(7-3)20(8-4)22-16-18-13-10-9-11-14-18;2*1-2/h5-8,10,12-14H,1-2,9,11,15-16H2,3-4H3;2*1-2H3/b17-12+,19-7+,20-8+;;. The Hall–Kier alpha value is -2.22. The Labute approximate surface area is 162 Å². The Morgan fingerprint density at radius 2 is 1.62 bits per heavy atom. The monoisotopic (exact) mass is 358 g/mol. The molecule has 0 atom stereocenters. The van der Waals surface area contributed by atoms with E-state index in [1.165, 1.54) is 5.57 Å². The SMILES string of the molecule is C=C/C=C(\C=C)COC(=C/C)/C(=C\C)OCC1=CCCC=C1.CC.CC. The van der Waals surface area contributed by atoms with Crippen molar-refractivity contribution in [1.29, 1.82) is 0 Å². The van der Waals surface area contributed by atoms with Gasteiger partial charge in [-0.2, -0.15) is 0 Å². The average molecular weight is 359 g/mol. The van der Waals surface area contributed by atoms with Crippen LogP contribution >= 0.6 is 0 Å². The van der Waals surface area contributed by atoms with Crippen molar-refractivity contribution in [3.8, 4) is 0 Å². The number of hydrogen-bond donors (Lipinski definition) is 0. The van der Waals surface area contributed by atoms with E-state index in [1.807, 2.05) is 59.8 Å². The first kappa shape index (κ1) is 26.0. The molecule has 0 fully saturated rings. The van der Waals surface area contributed by atoms with Crippen molar-refractivity contribution < 1.29 is 9.47 Å². The maximum Gasteiger partial charge on any atom is 0.157 e. The smallest absolute Gasteiger partial charge is 0.157 e. The Bertz CT molecular complexity index is 528. The quantitative estimate of drug-likeness (QED) is 0.315. The van der Waals surface area contributed by atoms with E-state index in [9.17, 15) is 0 Å². The van der Waals surface area contributed by atoms with E-state index in [4.69, 9.17) is 9.47 Å². The molecule has 0 aliphatic heterocycles. The first-order valence-corrected chi connectivity index (χ1v) is 9.63. The molecule has 1 aliphatic carbocycles. The molecule has 146 valence electrons. The highest BCUT2D eigenvalue weighted by Gasteiger charge is 2.08. The lowest BCUT2D eigenvalue weighted by Crippen LogP contribution is -2.05. The van der Waals surface area contributed by atoms with Crippen LogP contribution in [-0.2, 0) is 9.47 Å². The summed E-state index contributed by atoms with van der Waals surface area (Å²) in [6, 6.07) is 0. The second-order valence-electron chi connectivity index (χ2n) is 4.82. The zero-order chi connectivity index (χ0) is 20.2. The zero-order valence-electron chi connectivity index (χ0n) is 17.7. The van der Waals surface area contributed by atoms with Gasteiger partial charge in [0.15, 0.2) is 11.5 Å². The van der Waals surface area contributed by atoms with Crippen molar-refractivity contribution in [2.45, 2.75) is 54.4 Å². The second-order valence-corrected chi connectivity index (χ2v) is 4.82. The van der Waals surface area contributed by atoms with Gasteiger partial charge in [-0.1, -0.05) is 77.3 Å². The van der Waals surface area contributed by atoms with Gasteiger partial charge >= 0.3 is 0 Å². The summed E-state index contributed by atoms with van der Waals surface area (Å²) in [4.78, 5) is 0. The fourth-order valence-electron chi connectivity index (χ4n) is 2.02. The molecule has 0 spiro atoms. The van der Waals surface area contributed by atoms with Gasteiger partial charge < -0.3 is 9.47 Å². The van der Waals surface area contributed by atoms with Crippen molar-refractivity contribution >= 4 is 0 Å². The third kappa shape index (κ3) is 11.4. The second kappa shape index (κ2) is 19.1. The van der Waals surface area contributed by atoms with Gasteiger partial charge in [-0.05, 0) is 50.0 Å². The number of hydrogen-bond acceptors (Lipinski definition) is 2. The Balaban J connectivity index is 0. The number of rotatable bonds is 9. The van der Waals surface area contributed by atoms with E-state index in [-0.39, 0.29) is 0 Å². The van der Waals surface area contributed by atoms with Crippen molar-refractivity contribution in [3.05, 3.63) is 84.4 Å². The van der Waals surface area contributed by atoms with Crippen LogP contribution in [0.5, 0.6) is 0 Å². The van der Waals surface area contributed by atoms with Gasteiger partial charge in [0, 0.05) is 0 Å². The van der Waals surface area contributed by atoms with Gasteiger partial charge in [-0.3, -0.25) is 0 Å². The minimum atomic E-state index is 0.443. The van der Waals surface area contributed by atoms with Gasteiger partial charge in [0.25, 0.3) is 0 Å². The van der Waals surface area contributed by atoms with Crippen LogP contribution in [0, 0.1) is 0 Å². The van der Waals surface area contributed by atoms with Crippen LogP contribution in [0.4, 0.5) is 0 Å². The molecular weight excluding hydrogens is 320 g/mol. The molecule has 1 rings (SSSR count). The highest BCUT2D eigenvalue weighted by Crippen LogP contribution is 2.18. The highest BCUT2D eigenvalue weighted by molar-refractivity contribution is 5.26. The molecule has 0 heterocycles. The summed E-state index contributed by atoms with van der Waals surface area (Å²) in [7, 11) is 0. The van der Waals surface area contributed by atoms with E-state index in [0.717, 1.165) is 29.9 Å². The maximum atomic E-state index is 5.89. The van der Waals surface area contributed by atoms with E-state index in [0.29, 0.717) is 13.2 Å². The van der Waals surface area contributed by atoms with Crippen LogP contribution in [0.15, 0.2) is 84.4 Å². The molecule has 0 amide bonds. The molecule has 0 saturated carbocycles. The predicted octanol–water partition coefficient (Wildman–Crippen LogP) is 7.45. The summed E-state index contributed by atoms with van der Waals surface area (Å²) in [5.41, 5.74) is 2.18. The molecule has 0 radical (unpaired) electrons. The average Bonchev–Trinajstić information content (AvgIpc) is 2.73. The molecule has 0 saturated heterocycles. The van der Waals surface area contributed by atoms with E-state index < -0.39 is 0 Å². The fourth-order valence-corrected chi connectivity index (χ4v) is 2.02. The zero-order valence-corrected chi connectivity index (χ0v) is 17.7. The maximum absolute atomic E-state index is 5.89. The van der Waals surface area contributed by atoms with E-state index in [2.05, 4.69) is 31.4 Å². The summed E-state index contributed by atoms with van der Waals surface area (Å²) in [6.07, 6.45) is 17.9. The van der Waals surface area contributed by atoms with E-state index >= 15 is 0 Å². The Kier molecular flexibility index (Phi) is 19.1. The van der Waals surface area contributed by atoms with Gasteiger partial charge in [-0.25, -0.2) is 0 Å². The van der Waals surface area contributed by atoms with Crippen molar-refractivity contribution in [1.82, 2.24) is 0 Å². The van der Waals surface area contributed by atoms with Crippen molar-refractivity contribution in [3.63, 3.8) is 0 Å². The van der Waals surface area contributed by atoms with Gasteiger partial charge in [0.2, 0.25) is 0 Å². The summed E-state index contributed by atoms with van der Waals surface area (Å²) in [5.74, 6) is 1.49. The molecule has 0 unspecified atom stereocenters. The van der Waals surface area contributed by atoms with Crippen LogP contribution in [0.25, 0.3) is 0 Å². The molecule has 0 aromatic carbocycles. The third-order valence-corrected chi connectivity index (χ3v) is 3.22. The number of ether oxygens (including phenoxy) is 2. The predicted molar refractivity (Wildman–Crippen MR) is 117 cm³/mol. The third-order valence-electron chi connectivity index (χ3n) is 3.22. The van der Waals surface area contributed by atoms with Crippen LogP contribution < -0.4 is 0 Å². The Morgan fingerprint density at radius 1 is 1.00 bits per heavy atom. The van der Waals surface area contributed by atoms with Crippen LogP contribution in [-0.4, -0.2) is 13.2 Å². The van der Waals surface area contributed by atoms with Crippen molar-refractivity contribution in [2.75, 3.05) is 13.2 Å². The van der Waals surface area contributed by atoms with Gasteiger partial charge in [0.1, 0.15) is 13.2 Å². The van der Waals surface area contributed by atoms with Gasteiger partial charge in [-0.15, -0.1) is 0 Å². The molecule has 0 N–H and O–H groups in total. The molecular formula is C24H38O2. The Morgan fingerprint density at radius 3 is 2.08 bits per heavy atom. The molecule has 26 heavy (non-hydrogen) atoms. The highest BCUT2D eigenvalue weighted by atomic mass is 16.5.